The number of nitrogens with zero attached hydrogens (tertiary/aromatic N) is 1. The van der Waals surface area contributed by atoms with E-state index in [1.165, 1.54) is 11.3 Å². The van der Waals surface area contributed by atoms with Gasteiger partial charge in [0.2, 0.25) is 0 Å². The molecule has 0 spiro atoms. The second kappa shape index (κ2) is 5.03. The molecule has 2 N–H and O–H groups in total. The van der Waals surface area contributed by atoms with Gasteiger partial charge in [-0.3, -0.25) is 4.79 Å². The van der Waals surface area contributed by atoms with Gasteiger partial charge in [0.05, 0.1) is 6.54 Å². The van der Waals surface area contributed by atoms with Crippen molar-refractivity contribution >= 4 is 17.2 Å². The van der Waals surface area contributed by atoms with E-state index in [1.54, 1.807) is 13.0 Å². The molecule has 0 unspecified atom stereocenters. The van der Waals surface area contributed by atoms with Crippen LogP contribution < -0.4 is 5.32 Å². The summed E-state index contributed by atoms with van der Waals surface area (Å²) in [4.78, 5) is 12.9. The minimum absolute atomic E-state index is 0.197. The van der Waals surface area contributed by atoms with Crippen molar-refractivity contribution in [1.29, 1.82) is 0 Å². The fourth-order valence-electron chi connectivity index (χ4n) is 2.30. The molecule has 1 fully saturated rings. The minimum Gasteiger partial charge on any atom is -0.382 e. The average Bonchev–Trinajstić information content (AvgIpc) is 2.98. The molecule has 0 radical (unpaired) electrons. The first-order valence-electron chi connectivity index (χ1n) is 6.57. The lowest BCUT2D eigenvalue weighted by molar-refractivity contribution is 0.0168. The zero-order valence-electron chi connectivity index (χ0n) is 11.1. The van der Waals surface area contributed by atoms with Crippen LogP contribution in [-0.4, -0.2) is 22.7 Å². The normalized spacial score (nSPS) is 17.7. The summed E-state index contributed by atoms with van der Waals surface area (Å²) in [7, 11) is 0. The van der Waals surface area contributed by atoms with E-state index in [1.807, 2.05) is 17.5 Å². The van der Waals surface area contributed by atoms with E-state index in [4.69, 9.17) is 4.52 Å². The van der Waals surface area contributed by atoms with E-state index in [2.05, 4.69) is 10.5 Å². The van der Waals surface area contributed by atoms with Gasteiger partial charge in [0.15, 0.2) is 5.69 Å². The Kier molecular flexibility index (Phi) is 3.35. The third kappa shape index (κ3) is 2.48. The molecule has 20 heavy (non-hydrogen) atoms. The van der Waals surface area contributed by atoms with Crippen LogP contribution in [-0.2, 0) is 5.60 Å². The SMILES string of the molecule is Cc1cc(C(=O)NC[C@@](O)(c2cccs2)C2CC2)no1. The quantitative estimate of drug-likeness (QED) is 0.884. The fourth-order valence-corrected chi connectivity index (χ4v) is 3.20. The van der Waals surface area contributed by atoms with Gasteiger partial charge in [-0.05, 0) is 37.1 Å². The summed E-state index contributed by atoms with van der Waals surface area (Å²) >= 11 is 1.51. The molecule has 3 rings (SSSR count). The van der Waals surface area contributed by atoms with Gasteiger partial charge in [-0.15, -0.1) is 11.3 Å². The van der Waals surface area contributed by atoms with Crippen molar-refractivity contribution in [2.75, 3.05) is 6.54 Å². The number of amides is 1. The molecule has 2 aromatic rings. The molecule has 1 atom stereocenters. The standard InChI is InChI=1S/C14H16N2O3S/c1-9-7-11(16-19-9)13(17)15-8-14(18,10-4-5-10)12-3-2-6-20-12/h2-3,6-7,10,18H,4-5,8H2,1H3,(H,15,17)/t14-/m0/s1. The van der Waals surface area contributed by atoms with E-state index in [9.17, 15) is 9.90 Å². The summed E-state index contributed by atoms with van der Waals surface area (Å²) in [5.41, 5.74) is -0.727. The minimum atomic E-state index is -0.970. The number of carbonyl (C=O) groups excluding carboxylic acids is 1. The van der Waals surface area contributed by atoms with Gasteiger partial charge in [0.1, 0.15) is 11.4 Å². The highest BCUT2D eigenvalue weighted by Crippen LogP contribution is 2.46. The van der Waals surface area contributed by atoms with Crippen molar-refractivity contribution < 1.29 is 14.4 Å². The third-order valence-electron chi connectivity index (χ3n) is 3.58. The monoisotopic (exact) mass is 292 g/mol. The lowest BCUT2D eigenvalue weighted by Gasteiger charge is -2.27. The average molecular weight is 292 g/mol. The Labute approximate surface area is 120 Å². The fraction of sp³-hybridized carbons (Fsp3) is 0.429. The lowest BCUT2D eigenvalue weighted by atomic mass is 9.95. The predicted octanol–water partition coefficient (Wildman–Crippen LogP) is 2.07. The largest absolute Gasteiger partial charge is 0.382 e. The van der Waals surface area contributed by atoms with E-state index < -0.39 is 5.60 Å². The number of carbonyl (C=O) groups is 1. The van der Waals surface area contributed by atoms with Gasteiger partial charge in [0.25, 0.3) is 5.91 Å². The predicted molar refractivity (Wildman–Crippen MR) is 74.5 cm³/mol. The summed E-state index contributed by atoms with van der Waals surface area (Å²) < 4.78 is 4.88. The van der Waals surface area contributed by atoms with Gasteiger partial charge >= 0.3 is 0 Å². The molecule has 1 amide bonds. The maximum atomic E-state index is 12.0. The molecule has 5 nitrogen and oxygen atoms in total. The lowest BCUT2D eigenvalue weighted by Crippen LogP contribution is -2.42. The Balaban J connectivity index is 1.70. The van der Waals surface area contributed by atoms with E-state index in [-0.39, 0.29) is 24.1 Å². The van der Waals surface area contributed by atoms with Crippen molar-refractivity contribution in [3.05, 3.63) is 39.9 Å². The second-order valence-electron chi connectivity index (χ2n) is 5.18. The molecule has 2 aromatic heterocycles. The maximum absolute atomic E-state index is 12.0. The molecule has 0 aromatic carbocycles. The summed E-state index contributed by atoms with van der Waals surface area (Å²) in [5.74, 6) is 0.490. The second-order valence-corrected chi connectivity index (χ2v) is 6.13. The number of aryl methyl sites for hydroxylation is 1. The first-order valence-corrected chi connectivity index (χ1v) is 7.45. The molecule has 0 bridgehead atoms. The van der Waals surface area contributed by atoms with Crippen LogP contribution in [0.3, 0.4) is 0 Å². The number of rotatable bonds is 5. The first kappa shape index (κ1) is 13.3. The number of nitrogens with one attached hydrogen (secondary N) is 1. The van der Waals surface area contributed by atoms with Gasteiger partial charge in [0, 0.05) is 10.9 Å². The maximum Gasteiger partial charge on any atom is 0.273 e. The topological polar surface area (TPSA) is 75.4 Å². The Hall–Kier alpha value is -1.66. The molecule has 0 saturated heterocycles. The van der Waals surface area contributed by atoms with Crippen molar-refractivity contribution in [1.82, 2.24) is 10.5 Å². The van der Waals surface area contributed by atoms with Crippen LogP contribution in [0.4, 0.5) is 0 Å². The molecule has 0 aliphatic heterocycles. The number of thiophene rings is 1. The van der Waals surface area contributed by atoms with Crippen LogP contribution >= 0.6 is 11.3 Å². The molecule has 2 heterocycles. The van der Waals surface area contributed by atoms with Crippen LogP contribution in [0, 0.1) is 12.8 Å². The van der Waals surface area contributed by atoms with Crippen molar-refractivity contribution in [3.63, 3.8) is 0 Å². The van der Waals surface area contributed by atoms with Gasteiger partial charge in [-0.25, -0.2) is 0 Å². The smallest absolute Gasteiger partial charge is 0.273 e. The highest BCUT2D eigenvalue weighted by Gasteiger charge is 2.46. The number of hydrogen-bond acceptors (Lipinski definition) is 5. The van der Waals surface area contributed by atoms with Crippen LogP contribution in [0.2, 0.25) is 0 Å². The summed E-state index contributed by atoms with van der Waals surface area (Å²) in [6.07, 6.45) is 1.99. The first-order chi connectivity index (χ1) is 9.59. The highest BCUT2D eigenvalue weighted by molar-refractivity contribution is 7.10. The zero-order valence-corrected chi connectivity index (χ0v) is 11.9. The molecular formula is C14H16N2O3S. The number of hydrogen-bond donors (Lipinski definition) is 2. The van der Waals surface area contributed by atoms with E-state index in [0.29, 0.717) is 5.76 Å². The van der Waals surface area contributed by atoms with Crippen LogP contribution in [0.5, 0.6) is 0 Å². The van der Waals surface area contributed by atoms with Gasteiger partial charge in [-0.1, -0.05) is 11.2 Å². The Bertz CT molecular complexity index is 604. The van der Waals surface area contributed by atoms with Crippen LogP contribution in [0.1, 0.15) is 34.0 Å². The van der Waals surface area contributed by atoms with E-state index >= 15 is 0 Å². The Morgan fingerprint density at radius 3 is 3.00 bits per heavy atom. The van der Waals surface area contributed by atoms with Crippen molar-refractivity contribution in [2.45, 2.75) is 25.4 Å². The highest BCUT2D eigenvalue weighted by atomic mass is 32.1. The Morgan fingerprint density at radius 2 is 2.45 bits per heavy atom. The Morgan fingerprint density at radius 1 is 1.65 bits per heavy atom. The number of aliphatic hydroxyl groups is 1. The third-order valence-corrected chi connectivity index (χ3v) is 4.62. The van der Waals surface area contributed by atoms with Gasteiger partial charge in [-0.2, -0.15) is 0 Å². The molecular weight excluding hydrogens is 276 g/mol. The van der Waals surface area contributed by atoms with Gasteiger partial charge < -0.3 is 14.9 Å². The molecule has 1 aliphatic carbocycles. The number of aromatic nitrogens is 1. The summed E-state index contributed by atoms with van der Waals surface area (Å²) in [6, 6.07) is 5.40. The molecule has 1 aliphatic rings. The molecule has 1 saturated carbocycles. The zero-order chi connectivity index (χ0) is 14.2. The molecule has 106 valence electrons. The summed E-state index contributed by atoms with van der Waals surface area (Å²) in [5, 5.41) is 19.2. The molecule has 6 heteroatoms. The van der Waals surface area contributed by atoms with Crippen LogP contribution in [0.25, 0.3) is 0 Å². The summed E-state index contributed by atoms with van der Waals surface area (Å²) in [6.45, 7) is 1.93. The van der Waals surface area contributed by atoms with E-state index in [0.717, 1.165) is 17.7 Å². The van der Waals surface area contributed by atoms with Crippen LogP contribution in [0.15, 0.2) is 28.1 Å². The van der Waals surface area contributed by atoms with Crippen molar-refractivity contribution in [2.24, 2.45) is 5.92 Å². The van der Waals surface area contributed by atoms with Crippen molar-refractivity contribution in [3.8, 4) is 0 Å².